The van der Waals surface area contributed by atoms with Gasteiger partial charge in [0.25, 0.3) is 0 Å². The Hall–Kier alpha value is 0.0100. The fraction of sp³-hybridized carbons (Fsp3) is 0.786. The van der Waals surface area contributed by atoms with Crippen LogP contribution in [0.5, 0.6) is 0 Å². The van der Waals surface area contributed by atoms with E-state index in [0.29, 0.717) is 0 Å². The molecule has 0 rings (SSSR count). The minimum absolute atomic E-state index is 0. The molecule has 0 bridgehead atoms. The smallest absolute Gasteiger partial charge is 0.550 e. The molecule has 4 heteroatoms. The van der Waals surface area contributed by atoms with Gasteiger partial charge in [-0.15, -0.1) is 0 Å². The standard InChI is InChI=1S/C14H26O3.Na/c1-2-3-4-5-6-7-8-9-10-13(15)11-12-14(16)17;/h10,15H,2-9,11-12H2,1H3,(H,16,17);/q;+1/p-1. The molecule has 0 radical (unpaired) electrons. The van der Waals surface area contributed by atoms with E-state index in [0.717, 1.165) is 12.8 Å². The number of hydrogen-bond donors (Lipinski definition) is 1. The summed E-state index contributed by atoms with van der Waals surface area (Å²) in [7, 11) is 0. The van der Waals surface area contributed by atoms with Crippen LogP contribution < -0.4 is 34.7 Å². The quantitative estimate of drug-likeness (QED) is 0.327. The minimum atomic E-state index is -1.11. The minimum Gasteiger partial charge on any atom is -0.550 e. The molecule has 100 valence electrons. The molecule has 0 unspecified atom stereocenters. The molecule has 0 atom stereocenters. The first kappa shape index (κ1) is 20.3. The molecular formula is C14H25NaO3. The second-order valence-corrected chi connectivity index (χ2v) is 4.48. The van der Waals surface area contributed by atoms with Crippen molar-refractivity contribution in [3.05, 3.63) is 11.8 Å². The van der Waals surface area contributed by atoms with Gasteiger partial charge in [-0.25, -0.2) is 0 Å². The van der Waals surface area contributed by atoms with Crippen LogP contribution in [0.3, 0.4) is 0 Å². The average Bonchev–Trinajstić information content (AvgIpc) is 2.30. The fourth-order valence-corrected chi connectivity index (χ4v) is 1.70. The Morgan fingerprint density at radius 3 is 2.17 bits per heavy atom. The van der Waals surface area contributed by atoms with Gasteiger partial charge in [-0.2, -0.15) is 0 Å². The van der Waals surface area contributed by atoms with Crippen LogP contribution >= 0.6 is 0 Å². The van der Waals surface area contributed by atoms with Gasteiger partial charge >= 0.3 is 29.6 Å². The van der Waals surface area contributed by atoms with Gasteiger partial charge in [0.15, 0.2) is 0 Å². The number of carboxylic acid groups (broad SMARTS) is 1. The van der Waals surface area contributed by atoms with E-state index in [1.807, 2.05) is 0 Å². The first-order valence-electron chi connectivity index (χ1n) is 6.74. The Bertz CT molecular complexity index is 227. The van der Waals surface area contributed by atoms with Gasteiger partial charge in [0.05, 0.1) is 5.76 Å². The van der Waals surface area contributed by atoms with Crippen molar-refractivity contribution >= 4 is 5.97 Å². The zero-order valence-electron chi connectivity index (χ0n) is 11.9. The molecule has 0 saturated carbocycles. The van der Waals surface area contributed by atoms with Crippen LogP contribution in [-0.4, -0.2) is 11.1 Å². The number of carboxylic acids is 1. The van der Waals surface area contributed by atoms with Crippen molar-refractivity contribution in [2.75, 3.05) is 0 Å². The molecule has 0 heterocycles. The summed E-state index contributed by atoms with van der Waals surface area (Å²) < 4.78 is 0. The predicted octanol–water partition coefficient (Wildman–Crippen LogP) is 0.103. The molecule has 0 aliphatic rings. The van der Waals surface area contributed by atoms with E-state index < -0.39 is 5.97 Å². The van der Waals surface area contributed by atoms with Crippen LogP contribution in [0.4, 0.5) is 0 Å². The van der Waals surface area contributed by atoms with Crippen LogP contribution in [-0.2, 0) is 4.79 Å². The van der Waals surface area contributed by atoms with Gasteiger partial charge in [-0.3, -0.25) is 0 Å². The summed E-state index contributed by atoms with van der Waals surface area (Å²) in [5.41, 5.74) is 0. The molecule has 0 fully saturated rings. The van der Waals surface area contributed by atoms with Crippen molar-refractivity contribution in [2.45, 2.75) is 71.1 Å². The molecular weight excluding hydrogens is 239 g/mol. The van der Waals surface area contributed by atoms with E-state index in [2.05, 4.69) is 6.92 Å². The van der Waals surface area contributed by atoms with E-state index in [-0.39, 0.29) is 48.2 Å². The molecule has 0 saturated heterocycles. The molecule has 0 amide bonds. The van der Waals surface area contributed by atoms with Crippen LogP contribution in [0.2, 0.25) is 0 Å². The summed E-state index contributed by atoms with van der Waals surface area (Å²) in [5, 5.41) is 19.5. The van der Waals surface area contributed by atoms with Gasteiger partial charge in [0.2, 0.25) is 0 Å². The summed E-state index contributed by atoms with van der Waals surface area (Å²) in [6.07, 6.45) is 11.4. The first-order chi connectivity index (χ1) is 8.16. The summed E-state index contributed by atoms with van der Waals surface area (Å²) >= 11 is 0. The molecule has 0 spiro atoms. The van der Waals surface area contributed by atoms with Gasteiger partial charge in [0.1, 0.15) is 0 Å². The van der Waals surface area contributed by atoms with Crippen molar-refractivity contribution in [2.24, 2.45) is 0 Å². The van der Waals surface area contributed by atoms with E-state index in [4.69, 9.17) is 0 Å². The first-order valence-corrected chi connectivity index (χ1v) is 6.74. The Labute approximate surface area is 133 Å². The van der Waals surface area contributed by atoms with Crippen LogP contribution in [0, 0.1) is 0 Å². The van der Waals surface area contributed by atoms with Gasteiger partial charge < -0.3 is 15.0 Å². The third-order valence-corrected chi connectivity index (χ3v) is 2.77. The zero-order valence-corrected chi connectivity index (χ0v) is 13.9. The number of hydrogen-bond acceptors (Lipinski definition) is 3. The Kier molecular flexibility index (Phi) is 17.0. The van der Waals surface area contributed by atoms with Gasteiger partial charge in [0, 0.05) is 12.4 Å². The SMILES string of the molecule is CCCCCCCCCC=C(O)CCC(=O)[O-].[Na+]. The van der Waals surface area contributed by atoms with Crippen molar-refractivity contribution < 1.29 is 44.6 Å². The van der Waals surface area contributed by atoms with E-state index in [1.165, 1.54) is 38.5 Å². The Morgan fingerprint density at radius 2 is 1.61 bits per heavy atom. The Morgan fingerprint density at radius 1 is 1.06 bits per heavy atom. The van der Waals surface area contributed by atoms with Crippen molar-refractivity contribution in [3.8, 4) is 0 Å². The largest absolute Gasteiger partial charge is 1.00 e. The third kappa shape index (κ3) is 16.0. The molecule has 0 aromatic heterocycles. The van der Waals surface area contributed by atoms with Crippen LogP contribution in [0.15, 0.2) is 11.8 Å². The topological polar surface area (TPSA) is 60.4 Å². The number of aliphatic hydroxyl groups excluding tert-OH is 1. The molecule has 0 aromatic rings. The normalized spacial score (nSPS) is 11.1. The summed E-state index contributed by atoms with van der Waals surface area (Å²) in [6.45, 7) is 2.21. The number of unbranched alkanes of at least 4 members (excludes halogenated alkanes) is 7. The monoisotopic (exact) mass is 264 g/mol. The van der Waals surface area contributed by atoms with E-state index in [9.17, 15) is 15.0 Å². The second kappa shape index (κ2) is 15.1. The number of carbonyl (C=O) groups is 1. The maximum Gasteiger partial charge on any atom is 1.00 e. The number of aliphatic hydroxyl groups is 1. The average molecular weight is 264 g/mol. The predicted molar refractivity (Wildman–Crippen MR) is 67.6 cm³/mol. The van der Waals surface area contributed by atoms with Crippen LogP contribution in [0.1, 0.15) is 71.1 Å². The number of allylic oxidation sites excluding steroid dienone is 2. The number of rotatable bonds is 11. The van der Waals surface area contributed by atoms with Crippen molar-refractivity contribution in [1.29, 1.82) is 0 Å². The van der Waals surface area contributed by atoms with Crippen molar-refractivity contribution in [1.82, 2.24) is 0 Å². The maximum atomic E-state index is 10.2. The molecule has 0 aliphatic heterocycles. The second-order valence-electron chi connectivity index (χ2n) is 4.48. The van der Waals surface area contributed by atoms with E-state index in [1.54, 1.807) is 6.08 Å². The number of carbonyl (C=O) groups excluding carboxylic acids is 1. The molecule has 18 heavy (non-hydrogen) atoms. The fourth-order valence-electron chi connectivity index (χ4n) is 1.70. The number of aliphatic carboxylic acids is 1. The molecule has 1 N–H and O–H groups in total. The molecule has 0 aliphatic carbocycles. The summed E-state index contributed by atoms with van der Waals surface area (Å²) in [4.78, 5) is 10.2. The molecule has 0 aromatic carbocycles. The Balaban J connectivity index is 0. The third-order valence-electron chi connectivity index (χ3n) is 2.77. The van der Waals surface area contributed by atoms with Gasteiger partial charge in [-0.05, 0) is 25.3 Å². The zero-order chi connectivity index (χ0) is 12.9. The van der Waals surface area contributed by atoms with Gasteiger partial charge in [-0.1, -0.05) is 45.4 Å². The summed E-state index contributed by atoms with van der Waals surface area (Å²) in [5.74, 6) is -0.930. The summed E-state index contributed by atoms with van der Waals surface area (Å²) in [6, 6.07) is 0. The molecule has 3 nitrogen and oxygen atoms in total. The van der Waals surface area contributed by atoms with E-state index >= 15 is 0 Å². The van der Waals surface area contributed by atoms with Crippen LogP contribution in [0.25, 0.3) is 0 Å². The van der Waals surface area contributed by atoms with Crippen molar-refractivity contribution in [3.63, 3.8) is 0 Å². The maximum absolute atomic E-state index is 10.2.